The lowest BCUT2D eigenvalue weighted by Crippen LogP contribution is -2.41. The lowest BCUT2D eigenvalue weighted by molar-refractivity contribution is -0.118. The van der Waals surface area contributed by atoms with Gasteiger partial charge in [0.15, 0.2) is 0 Å². The van der Waals surface area contributed by atoms with E-state index >= 15 is 0 Å². The molecule has 1 heteroatoms. The summed E-state index contributed by atoms with van der Waals surface area (Å²) in [5.41, 5.74) is 0.530. The molecule has 1 aliphatic heterocycles. The zero-order chi connectivity index (χ0) is 6.74. The molecule has 0 N–H and O–H groups in total. The minimum absolute atomic E-state index is 0.530. The van der Waals surface area contributed by atoms with Gasteiger partial charge in [-0.15, -0.1) is 0 Å². The first-order valence-corrected chi connectivity index (χ1v) is 3.70. The summed E-state index contributed by atoms with van der Waals surface area (Å²) >= 11 is 0. The Kier molecular flexibility index (Phi) is 2.12. The highest BCUT2D eigenvalue weighted by molar-refractivity contribution is 4.83. The van der Waals surface area contributed by atoms with E-state index in [0.717, 1.165) is 19.6 Å². The number of ether oxygens (including phenoxy) is 1. The van der Waals surface area contributed by atoms with E-state index in [2.05, 4.69) is 13.8 Å². The first-order valence-electron chi connectivity index (χ1n) is 3.70. The highest BCUT2D eigenvalue weighted by Gasteiger charge is 2.35. The van der Waals surface area contributed by atoms with Gasteiger partial charge in [-0.3, -0.25) is 0 Å². The second-order valence-corrected chi connectivity index (χ2v) is 2.95. The molecule has 0 unspecified atom stereocenters. The van der Waals surface area contributed by atoms with E-state index in [9.17, 15) is 0 Å². The van der Waals surface area contributed by atoms with Crippen LogP contribution in [0.5, 0.6) is 0 Å². The molecule has 0 bridgehead atoms. The molecule has 0 atom stereocenters. The Morgan fingerprint density at radius 1 is 1.56 bits per heavy atom. The first kappa shape index (κ1) is 7.07. The summed E-state index contributed by atoms with van der Waals surface area (Å²) in [5, 5.41) is 0. The van der Waals surface area contributed by atoms with E-state index in [0.29, 0.717) is 5.41 Å². The van der Waals surface area contributed by atoms with Crippen molar-refractivity contribution in [1.82, 2.24) is 0 Å². The van der Waals surface area contributed by atoms with Crippen LogP contribution in [0, 0.1) is 12.3 Å². The molecule has 0 saturated carbocycles. The Bertz CT molecular complexity index is 79.1. The van der Waals surface area contributed by atoms with Crippen LogP contribution in [0.1, 0.15) is 26.2 Å². The molecule has 1 aliphatic rings. The molecule has 1 heterocycles. The smallest absolute Gasteiger partial charge is 0.0544 e. The van der Waals surface area contributed by atoms with Crippen LogP contribution < -0.4 is 0 Å². The lowest BCUT2D eigenvalue weighted by atomic mass is 9.79. The van der Waals surface area contributed by atoms with Gasteiger partial charge < -0.3 is 4.74 Å². The summed E-state index contributed by atoms with van der Waals surface area (Å²) < 4.78 is 5.15. The normalized spacial score (nSPS) is 23.3. The van der Waals surface area contributed by atoms with Crippen molar-refractivity contribution in [2.24, 2.45) is 5.41 Å². The van der Waals surface area contributed by atoms with Crippen LogP contribution >= 0.6 is 0 Å². The van der Waals surface area contributed by atoms with Crippen LogP contribution in [0.25, 0.3) is 0 Å². The first-order chi connectivity index (χ1) is 4.33. The zero-order valence-corrected chi connectivity index (χ0v) is 6.15. The topological polar surface area (TPSA) is 9.23 Å². The average Bonchev–Trinajstić information content (AvgIpc) is 1.79. The van der Waals surface area contributed by atoms with E-state index in [4.69, 9.17) is 4.74 Å². The van der Waals surface area contributed by atoms with Crippen molar-refractivity contribution < 1.29 is 4.74 Å². The Morgan fingerprint density at radius 3 is 2.33 bits per heavy atom. The van der Waals surface area contributed by atoms with Crippen molar-refractivity contribution in [3.63, 3.8) is 0 Å². The third-order valence-corrected chi connectivity index (χ3v) is 2.27. The van der Waals surface area contributed by atoms with Crippen LogP contribution in [-0.2, 0) is 4.74 Å². The van der Waals surface area contributed by atoms with Crippen molar-refractivity contribution in [3.05, 3.63) is 6.92 Å². The third kappa shape index (κ3) is 1.26. The molecule has 1 radical (unpaired) electrons. The van der Waals surface area contributed by atoms with Gasteiger partial charge in [0.05, 0.1) is 13.2 Å². The SMILES string of the molecule is [CH2]CCC1(CC)COC1. The van der Waals surface area contributed by atoms with E-state index in [-0.39, 0.29) is 0 Å². The van der Waals surface area contributed by atoms with Crippen molar-refractivity contribution in [3.8, 4) is 0 Å². The molecule has 53 valence electrons. The van der Waals surface area contributed by atoms with Gasteiger partial charge in [0.2, 0.25) is 0 Å². The molecule has 1 rings (SSSR count). The molecule has 0 spiro atoms. The second-order valence-electron chi connectivity index (χ2n) is 2.95. The van der Waals surface area contributed by atoms with Gasteiger partial charge in [-0.25, -0.2) is 0 Å². The van der Waals surface area contributed by atoms with Gasteiger partial charge in [-0.1, -0.05) is 20.3 Å². The van der Waals surface area contributed by atoms with Crippen LogP contribution in [0.15, 0.2) is 0 Å². The Morgan fingerprint density at radius 2 is 2.22 bits per heavy atom. The van der Waals surface area contributed by atoms with Gasteiger partial charge in [-0.05, 0) is 12.8 Å². The molecular weight excluding hydrogens is 112 g/mol. The Balaban J connectivity index is 2.28. The van der Waals surface area contributed by atoms with Crippen LogP contribution in [0.2, 0.25) is 0 Å². The monoisotopic (exact) mass is 127 g/mol. The van der Waals surface area contributed by atoms with Gasteiger partial charge in [-0.2, -0.15) is 0 Å². The van der Waals surface area contributed by atoms with Gasteiger partial charge in [0, 0.05) is 5.41 Å². The highest BCUT2D eigenvalue weighted by atomic mass is 16.5. The number of hydrogen-bond donors (Lipinski definition) is 0. The molecule has 9 heavy (non-hydrogen) atoms. The fourth-order valence-corrected chi connectivity index (χ4v) is 1.29. The average molecular weight is 127 g/mol. The predicted octanol–water partition coefficient (Wildman–Crippen LogP) is 2.03. The van der Waals surface area contributed by atoms with Crippen molar-refractivity contribution >= 4 is 0 Å². The van der Waals surface area contributed by atoms with E-state index in [1.54, 1.807) is 0 Å². The minimum atomic E-state index is 0.530. The summed E-state index contributed by atoms with van der Waals surface area (Å²) in [7, 11) is 0. The summed E-state index contributed by atoms with van der Waals surface area (Å²) in [5.74, 6) is 0. The van der Waals surface area contributed by atoms with Crippen LogP contribution in [0.3, 0.4) is 0 Å². The van der Waals surface area contributed by atoms with E-state index in [1.807, 2.05) is 0 Å². The minimum Gasteiger partial charge on any atom is -0.380 e. The maximum absolute atomic E-state index is 5.15. The second kappa shape index (κ2) is 2.70. The molecular formula is C8H15O. The summed E-state index contributed by atoms with van der Waals surface area (Å²) in [6.07, 6.45) is 3.54. The molecule has 0 amide bonds. The van der Waals surface area contributed by atoms with Gasteiger partial charge >= 0.3 is 0 Å². The number of hydrogen-bond acceptors (Lipinski definition) is 1. The molecule has 1 saturated heterocycles. The lowest BCUT2D eigenvalue weighted by Gasteiger charge is -2.40. The van der Waals surface area contributed by atoms with Crippen molar-refractivity contribution in [1.29, 1.82) is 0 Å². The zero-order valence-electron chi connectivity index (χ0n) is 6.15. The van der Waals surface area contributed by atoms with E-state index < -0.39 is 0 Å². The number of rotatable bonds is 3. The molecule has 1 fully saturated rings. The standard InChI is InChI=1S/C8H15O/c1-3-5-8(4-2)6-9-7-8/h1,3-7H2,2H3. The predicted molar refractivity (Wildman–Crippen MR) is 38.1 cm³/mol. The summed E-state index contributed by atoms with van der Waals surface area (Å²) in [4.78, 5) is 0. The largest absolute Gasteiger partial charge is 0.380 e. The van der Waals surface area contributed by atoms with E-state index in [1.165, 1.54) is 12.8 Å². The van der Waals surface area contributed by atoms with Gasteiger partial charge in [0.25, 0.3) is 0 Å². The highest BCUT2D eigenvalue weighted by Crippen LogP contribution is 2.35. The van der Waals surface area contributed by atoms with Crippen LogP contribution in [-0.4, -0.2) is 13.2 Å². The molecule has 0 aromatic carbocycles. The molecule has 0 aromatic heterocycles. The quantitative estimate of drug-likeness (QED) is 0.563. The van der Waals surface area contributed by atoms with Crippen molar-refractivity contribution in [2.45, 2.75) is 26.2 Å². The van der Waals surface area contributed by atoms with Crippen molar-refractivity contribution in [2.75, 3.05) is 13.2 Å². The summed E-state index contributed by atoms with van der Waals surface area (Å²) in [6.45, 7) is 8.02. The van der Waals surface area contributed by atoms with Crippen LogP contribution in [0.4, 0.5) is 0 Å². The molecule has 1 nitrogen and oxygen atoms in total. The third-order valence-electron chi connectivity index (χ3n) is 2.27. The maximum atomic E-state index is 5.15. The molecule has 0 aliphatic carbocycles. The fraction of sp³-hybridized carbons (Fsp3) is 0.875. The molecule has 0 aromatic rings. The fourth-order valence-electron chi connectivity index (χ4n) is 1.29. The maximum Gasteiger partial charge on any atom is 0.0544 e. The van der Waals surface area contributed by atoms with Gasteiger partial charge in [0.1, 0.15) is 0 Å². The summed E-state index contributed by atoms with van der Waals surface area (Å²) in [6, 6.07) is 0. The Hall–Kier alpha value is -0.0400. The Labute approximate surface area is 57.4 Å².